The van der Waals surface area contributed by atoms with Gasteiger partial charge in [0.2, 0.25) is 5.91 Å². The van der Waals surface area contributed by atoms with Gasteiger partial charge in [-0.25, -0.2) is 0 Å². The summed E-state index contributed by atoms with van der Waals surface area (Å²) in [5.41, 5.74) is 1.07. The third-order valence-electron chi connectivity index (χ3n) is 3.42. The van der Waals surface area contributed by atoms with E-state index in [1.54, 1.807) is 12.5 Å². The lowest BCUT2D eigenvalue weighted by Gasteiger charge is -2.16. The van der Waals surface area contributed by atoms with Crippen LogP contribution in [0.15, 0.2) is 23.0 Å². The first-order valence-electron chi connectivity index (χ1n) is 6.86. The molecule has 4 nitrogen and oxygen atoms in total. The number of rotatable bonds is 5. The molecule has 0 radical (unpaired) electrons. The molecule has 2 N–H and O–H groups in total. The van der Waals surface area contributed by atoms with Gasteiger partial charge >= 0.3 is 0 Å². The minimum atomic E-state index is 0.102. The van der Waals surface area contributed by atoms with E-state index < -0.39 is 0 Å². The first-order valence-corrected chi connectivity index (χ1v) is 6.86. The Balaban J connectivity index is 1.62. The number of hydrogen-bond donors (Lipinski definition) is 2. The van der Waals surface area contributed by atoms with Crippen LogP contribution in [0.1, 0.15) is 44.1 Å². The minimum absolute atomic E-state index is 0.102. The Morgan fingerprint density at radius 3 is 2.72 bits per heavy atom. The molecular formula is C14H22N2O2. The van der Waals surface area contributed by atoms with Gasteiger partial charge in [0.15, 0.2) is 0 Å². The van der Waals surface area contributed by atoms with Gasteiger partial charge < -0.3 is 15.1 Å². The van der Waals surface area contributed by atoms with Crippen molar-refractivity contribution in [1.82, 2.24) is 10.6 Å². The van der Waals surface area contributed by atoms with Crippen LogP contribution in [-0.2, 0) is 11.3 Å². The van der Waals surface area contributed by atoms with Crippen molar-refractivity contribution >= 4 is 5.91 Å². The fraction of sp³-hybridized carbons (Fsp3) is 0.643. The molecule has 1 aliphatic rings. The Kier molecular flexibility index (Phi) is 5.27. The number of amides is 1. The Morgan fingerprint density at radius 2 is 2.06 bits per heavy atom. The zero-order valence-electron chi connectivity index (χ0n) is 10.8. The predicted octanol–water partition coefficient (Wildman–Crippen LogP) is 2.21. The number of furan rings is 1. The molecule has 1 amide bonds. The summed E-state index contributed by atoms with van der Waals surface area (Å²) in [5, 5.41) is 6.23. The van der Waals surface area contributed by atoms with Gasteiger partial charge in [-0.2, -0.15) is 0 Å². The molecule has 0 saturated heterocycles. The second kappa shape index (κ2) is 7.21. The fourth-order valence-corrected chi connectivity index (χ4v) is 2.42. The summed E-state index contributed by atoms with van der Waals surface area (Å²) in [5.74, 6) is 0.102. The topological polar surface area (TPSA) is 54.3 Å². The van der Waals surface area contributed by atoms with Crippen molar-refractivity contribution in [3.8, 4) is 0 Å². The molecule has 1 fully saturated rings. The molecule has 0 atom stereocenters. The van der Waals surface area contributed by atoms with Crippen molar-refractivity contribution in [2.24, 2.45) is 0 Å². The van der Waals surface area contributed by atoms with E-state index in [2.05, 4.69) is 10.6 Å². The summed E-state index contributed by atoms with van der Waals surface area (Å²) < 4.78 is 4.97. The molecule has 1 aromatic heterocycles. The molecule has 100 valence electrons. The van der Waals surface area contributed by atoms with Crippen LogP contribution in [0.25, 0.3) is 0 Å². The molecule has 1 aliphatic carbocycles. The number of carbonyl (C=O) groups excluding carboxylic acids is 1. The second-order valence-corrected chi connectivity index (χ2v) is 4.99. The van der Waals surface area contributed by atoms with E-state index in [1.807, 2.05) is 6.07 Å². The maximum atomic E-state index is 11.8. The van der Waals surface area contributed by atoms with E-state index in [-0.39, 0.29) is 5.91 Å². The highest BCUT2D eigenvalue weighted by Crippen LogP contribution is 2.16. The summed E-state index contributed by atoms with van der Waals surface area (Å²) >= 11 is 0. The molecular weight excluding hydrogens is 228 g/mol. The van der Waals surface area contributed by atoms with Crippen LogP contribution in [0.3, 0.4) is 0 Å². The van der Waals surface area contributed by atoms with E-state index in [0.717, 1.165) is 18.4 Å². The van der Waals surface area contributed by atoms with Gasteiger partial charge in [-0.3, -0.25) is 4.79 Å². The molecule has 2 rings (SSSR count). The zero-order chi connectivity index (χ0) is 12.6. The van der Waals surface area contributed by atoms with E-state index in [0.29, 0.717) is 19.1 Å². The van der Waals surface area contributed by atoms with Gasteiger partial charge in [-0.15, -0.1) is 0 Å². The van der Waals surface area contributed by atoms with Gasteiger partial charge in [-0.05, 0) is 18.9 Å². The maximum absolute atomic E-state index is 11.8. The number of hydrogen-bond acceptors (Lipinski definition) is 3. The van der Waals surface area contributed by atoms with Gasteiger partial charge in [0, 0.05) is 18.2 Å². The molecule has 0 bridgehead atoms. The molecule has 18 heavy (non-hydrogen) atoms. The first-order chi connectivity index (χ1) is 8.84. The van der Waals surface area contributed by atoms with E-state index in [4.69, 9.17) is 4.42 Å². The number of carbonyl (C=O) groups is 1. The molecule has 1 saturated carbocycles. The van der Waals surface area contributed by atoms with Gasteiger partial charge in [-0.1, -0.05) is 25.7 Å². The van der Waals surface area contributed by atoms with Crippen molar-refractivity contribution in [2.45, 2.75) is 51.1 Å². The lowest BCUT2D eigenvalue weighted by atomic mass is 10.1. The van der Waals surface area contributed by atoms with Crippen LogP contribution >= 0.6 is 0 Å². The second-order valence-electron chi connectivity index (χ2n) is 4.99. The Morgan fingerprint density at radius 1 is 1.28 bits per heavy atom. The number of nitrogens with one attached hydrogen (secondary N) is 2. The molecule has 0 spiro atoms. The molecule has 0 aliphatic heterocycles. The highest BCUT2D eigenvalue weighted by molar-refractivity contribution is 5.78. The largest absolute Gasteiger partial charge is 0.472 e. The smallest absolute Gasteiger partial charge is 0.234 e. The third kappa shape index (κ3) is 4.53. The normalized spacial score (nSPS) is 17.3. The molecule has 0 aromatic carbocycles. The molecule has 4 heteroatoms. The molecule has 0 unspecified atom stereocenters. The van der Waals surface area contributed by atoms with E-state index in [9.17, 15) is 4.79 Å². The van der Waals surface area contributed by atoms with E-state index >= 15 is 0 Å². The Hall–Kier alpha value is -1.29. The van der Waals surface area contributed by atoms with Crippen LogP contribution in [-0.4, -0.2) is 18.5 Å². The predicted molar refractivity (Wildman–Crippen MR) is 70.0 cm³/mol. The van der Waals surface area contributed by atoms with Crippen molar-refractivity contribution in [3.63, 3.8) is 0 Å². The van der Waals surface area contributed by atoms with Crippen LogP contribution in [0.2, 0.25) is 0 Å². The fourth-order valence-electron chi connectivity index (χ4n) is 2.42. The molecule has 1 heterocycles. The van der Waals surface area contributed by atoms with Gasteiger partial charge in [0.05, 0.1) is 19.1 Å². The third-order valence-corrected chi connectivity index (χ3v) is 3.42. The van der Waals surface area contributed by atoms with Gasteiger partial charge in [0.25, 0.3) is 0 Å². The monoisotopic (exact) mass is 250 g/mol. The van der Waals surface area contributed by atoms with Crippen LogP contribution in [0, 0.1) is 0 Å². The average molecular weight is 250 g/mol. The SMILES string of the molecule is O=C(CNCc1ccoc1)NC1CCCCCC1. The summed E-state index contributed by atoms with van der Waals surface area (Å²) in [6.45, 7) is 1.05. The quantitative estimate of drug-likeness (QED) is 0.788. The van der Waals surface area contributed by atoms with Crippen LogP contribution < -0.4 is 10.6 Å². The van der Waals surface area contributed by atoms with E-state index in [1.165, 1.54) is 25.7 Å². The zero-order valence-corrected chi connectivity index (χ0v) is 10.8. The average Bonchev–Trinajstić information content (AvgIpc) is 2.74. The van der Waals surface area contributed by atoms with Crippen molar-refractivity contribution in [3.05, 3.63) is 24.2 Å². The molecule has 1 aromatic rings. The van der Waals surface area contributed by atoms with Crippen molar-refractivity contribution in [1.29, 1.82) is 0 Å². The summed E-state index contributed by atoms with van der Waals surface area (Å²) in [4.78, 5) is 11.8. The van der Waals surface area contributed by atoms with Crippen molar-refractivity contribution < 1.29 is 9.21 Å². The van der Waals surface area contributed by atoms with Crippen molar-refractivity contribution in [2.75, 3.05) is 6.54 Å². The van der Waals surface area contributed by atoms with Crippen LogP contribution in [0.5, 0.6) is 0 Å². The summed E-state index contributed by atoms with van der Waals surface area (Å²) in [6.07, 6.45) is 10.7. The summed E-state index contributed by atoms with van der Waals surface area (Å²) in [6, 6.07) is 2.28. The minimum Gasteiger partial charge on any atom is -0.472 e. The van der Waals surface area contributed by atoms with Gasteiger partial charge in [0.1, 0.15) is 0 Å². The highest BCUT2D eigenvalue weighted by atomic mass is 16.3. The standard InChI is InChI=1S/C14H22N2O2/c17-14(10-15-9-12-7-8-18-11-12)16-13-5-3-1-2-4-6-13/h7-8,11,13,15H,1-6,9-10H2,(H,16,17). The van der Waals surface area contributed by atoms with Crippen LogP contribution in [0.4, 0.5) is 0 Å². The lowest BCUT2D eigenvalue weighted by Crippen LogP contribution is -2.40. The Bertz CT molecular complexity index is 341. The maximum Gasteiger partial charge on any atom is 0.234 e. The first kappa shape index (κ1) is 13.1. The summed E-state index contributed by atoms with van der Waals surface area (Å²) in [7, 11) is 0. The Labute approximate surface area is 108 Å². The lowest BCUT2D eigenvalue weighted by molar-refractivity contribution is -0.121. The highest BCUT2D eigenvalue weighted by Gasteiger charge is 2.14.